The Morgan fingerprint density at radius 3 is 2.75 bits per heavy atom. The molecule has 0 aromatic heterocycles. The molecule has 1 aromatic rings. The van der Waals surface area contributed by atoms with E-state index in [1.165, 1.54) is 12.1 Å². The van der Waals surface area contributed by atoms with E-state index < -0.39 is 4.87 Å². The molecule has 0 bridgehead atoms. The van der Waals surface area contributed by atoms with Gasteiger partial charge in [0.2, 0.25) is 0 Å². The lowest BCUT2D eigenvalue weighted by atomic mass is 10.1. The third-order valence-electron chi connectivity index (χ3n) is 2.78. The van der Waals surface area contributed by atoms with E-state index in [9.17, 15) is 9.18 Å². The Morgan fingerprint density at radius 2 is 2.19 bits per heavy atom. The highest BCUT2D eigenvalue weighted by molar-refractivity contribution is 6.37. The highest BCUT2D eigenvalue weighted by atomic mass is 35.5. The maximum absolute atomic E-state index is 12.7. The van der Waals surface area contributed by atoms with E-state index in [4.69, 9.17) is 16.3 Å². The molecule has 0 amide bonds. The number of ether oxygens (including phenoxy) is 1. The van der Waals surface area contributed by atoms with E-state index in [0.29, 0.717) is 13.0 Å². The Morgan fingerprint density at radius 1 is 1.56 bits per heavy atom. The van der Waals surface area contributed by atoms with Crippen LogP contribution in [0.1, 0.15) is 24.8 Å². The van der Waals surface area contributed by atoms with Gasteiger partial charge in [-0.15, -0.1) is 11.6 Å². The van der Waals surface area contributed by atoms with Gasteiger partial charge in [-0.2, -0.15) is 0 Å². The highest BCUT2D eigenvalue weighted by Gasteiger charge is 2.60. The van der Waals surface area contributed by atoms with Gasteiger partial charge in [0.1, 0.15) is 10.7 Å². The maximum Gasteiger partial charge on any atom is 0.327 e. The Hall–Kier alpha value is -1.09. The largest absolute Gasteiger partial charge is 0.465 e. The number of rotatable bonds is 3. The lowest BCUT2D eigenvalue weighted by Gasteiger charge is -2.08. The molecule has 0 spiro atoms. The van der Waals surface area contributed by atoms with Gasteiger partial charge in [0.25, 0.3) is 0 Å². The van der Waals surface area contributed by atoms with Crippen LogP contribution in [-0.2, 0) is 9.53 Å². The van der Waals surface area contributed by atoms with Gasteiger partial charge in [0, 0.05) is 5.92 Å². The molecule has 1 saturated carbocycles. The number of hydrogen-bond donors (Lipinski definition) is 0. The smallest absolute Gasteiger partial charge is 0.327 e. The molecule has 1 fully saturated rings. The van der Waals surface area contributed by atoms with Crippen LogP contribution in [0, 0.1) is 5.82 Å². The third-order valence-corrected chi connectivity index (χ3v) is 3.35. The van der Waals surface area contributed by atoms with Crippen LogP contribution < -0.4 is 0 Å². The van der Waals surface area contributed by atoms with Crippen LogP contribution in [0.5, 0.6) is 0 Å². The number of hydrogen-bond acceptors (Lipinski definition) is 2. The lowest BCUT2D eigenvalue weighted by Crippen LogP contribution is -2.21. The van der Waals surface area contributed by atoms with Gasteiger partial charge in [0.15, 0.2) is 0 Å². The Kier molecular flexibility index (Phi) is 2.89. The van der Waals surface area contributed by atoms with Crippen molar-refractivity contribution in [1.82, 2.24) is 0 Å². The number of carbonyl (C=O) groups is 1. The second kappa shape index (κ2) is 4.06. The summed E-state index contributed by atoms with van der Waals surface area (Å²) in [5, 5.41) is 0. The molecule has 4 heteroatoms. The van der Waals surface area contributed by atoms with Crippen LogP contribution >= 0.6 is 11.6 Å². The fourth-order valence-corrected chi connectivity index (χ4v) is 2.13. The first-order valence-corrected chi connectivity index (χ1v) is 5.57. The summed E-state index contributed by atoms with van der Waals surface area (Å²) in [5.41, 5.74) is 0.879. The molecule has 0 radical (unpaired) electrons. The molecule has 0 N–H and O–H groups in total. The summed E-state index contributed by atoms with van der Waals surface area (Å²) < 4.78 is 17.6. The van der Waals surface area contributed by atoms with Crippen molar-refractivity contribution in [2.24, 2.45) is 0 Å². The van der Waals surface area contributed by atoms with Crippen LogP contribution in [0.2, 0.25) is 0 Å². The topological polar surface area (TPSA) is 26.3 Å². The van der Waals surface area contributed by atoms with Crippen LogP contribution in [0.25, 0.3) is 0 Å². The molecular weight excluding hydrogens is 231 g/mol. The molecule has 0 aliphatic heterocycles. The second-order valence-electron chi connectivity index (χ2n) is 3.89. The summed E-state index contributed by atoms with van der Waals surface area (Å²) in [6.07, 6.45) is 0.555. The third kappa shape index (κ3) is 1.92. The van der Waals surface area contributed by atoms with Gasteiger partial charge in [-0.1, -0.05) is 12.1 Å². The maximum atomic E-state index is 12.7. The monoisotopic (exact) mass is 242 g/mol. The molecule has 1 aliphatic rings. The first kappa shape index (κ1) is 11.4. The molecule has 2 unspecified atom stereocenters. The minimum Gasteiger partial charge on any atom is -0.465 e. The normalized spacial score (nSPS) is 27.6. The molecule has 16 heavy (non-hydrogen) atoms. The van der Waals surface area contributed by atoms with E-state index >= 15 is 0 Å². The van der Waals surface area contributed by atoms with Crippen molar-refractivity contribution >= 4 is 17.6 Å². The van der Waals surface area contributed by atoms with Crippen molar-refractivity contribution in [3.63, 3.8) is 0 Å². The van der Waals surface area contributed by atoms with E-state index in [-0.39, 0.29) is 17.7 Å². The Bertz CT molecular complexity index is 404. The predicted octanol–water partition coefficient (Wildman–Crippen LogP) is 2.85. The fraction of sp³-hybridized carbons (Fsp3) is 0.417. The van der Waals surface area contributed by atoms with Crippen molar-refractivity contribution in [1.29, 1.82) is 0 Å². The SMILES string of the molecule is CCOC(=O)C1(Cl)CC1c1ccc(F)cc1. The highest BCUT2D eigenvalue weighted by Crippen LogP contribution is 2.57. The van der Waals surface area contributed by atoms with Crippen molar-refractivity contribution in [3.8, 4) is 0 Å². The van der Waals surface area contributed by atoms with E-state index in [0.717, 1.165) is 5.56 Å². The average molecular weight is 243 g/mol. The van der Waals surface area contributed by atoms with Gasteiger partial charge in [-0.25, -0.2) is 4.39 Å². The van der Waals surface area contributed by atoms with Crippen molar-refractivity contribution in [2.45, 2.75) is 24.1 Å². The van der Waals surface area contributed by atoms with Crippen LogP contribution in [0.15, 0.2) is 24.3 Å². The average Bonchev–Trinajstić information content (AvgIpc) is 2.94. The summed E-state index contributed by atoms with van der Waals surface area (Å²) in [5.74, 6) is -0.736. The summed E-state index contributed by atoms with van der Waals surface area (Å²) in [6, 6.07) is 6.05. The molecule has 86 valence electrons. The Labute approximate surface area is 98.4 Å². The van der Waals surface area contributed by atoms with Gasteiger partial charge in [0.05, 0.1) is 6.61 Å². The minimum absolute atomic E-state index is 0.0613. The fourth-order valence-electron chi connectivity index (χ4n) is 1.79. The zero-order valence-corrected chi connectivity index (χ0v) is 9.63. The van der Waals surface area contributed by atoms with E-state index in [1.54, 1.807) is 19.1 Å². The number of benzene rings is 1. The van der Waals surface area contributed by atoms with Gasteiger partial charge >= 0.3 is 5.97 Å². The predicted molar refractivity (Wildman–Crippen MR) is 59.0 cm³/mol. The first-order chi connectivity index (χ1) is 7.58. The molecule has 1 aromatic carbocycles. The summed E-state index contributed by atoms with van der Waals surface area (Å²) >= 11 is 6.15. The minimum atomic E-state index is -0.937. The summed E-state index contributed by atoms with van der Waals surface area (Å²) in [7, 11) is 0. The zero-order chi connectivity index (χ0) is 11.8. The van der Waals surface area contributed by atoms with E-state index in [2.05, 4.69) is 0 Å². The van der Waals surface area contributed by atoms with Crippen LogP contribution in [-0.4, -0.2) is 17.5 Å². The summed E-state index contributed by atoms with van der Waals surface area (Å²) in [6.45, 7) is 2.07. The standard InChI is InChI=1S/C12H12ClFO2/c1-2-16-11(15)12(13)7-10(12)8-3-5-9(14)6-4-8/h3-6,10H,2,7H2,1H3. The Balaban J connectivity index is 2.10. The quantitative estimate of drug-likeness (QED) is 0.602. The molecule has 0 heterocycles. The van der Waals surface area contributed by atoms with Crippen LogP contribution in [0.3, 0.4) is 0 Å². The van der Waals surface area contributed by atoms with Gasteiger partial charge < -0.3 is 4.74 Å². The number of alkyl halides is 1. The van der Waals surface area contributed by atoms with E-state index in [1.807, 2.05) is 0 Å². The molecule has 2 atom stereocenters. The van der Waals surface area contributed by atoms with Gasteiger partial charge in [-0.05, 0) is 31.0 Å². The summed E-state index contributed by atoms with van der Waals surface area (Å²) in [4.78, 5) is 10.6. The first-order valence-electron chi connectivity index (χ1n) is 5.19. The zero-order valence-electron chi connectivity index (χ0n) is 8.87. The van der Waals surface area contributed by atoms with Crippen molar-refractivity contribution in [2.75, 3.05) is 6.61 Å². The van der Waals surface area contributed by atoms with Crippen molar-refractivity contribution in [3.05, 3.63) is 35.6 Å². The molecule has 2 rings (SSSR count). The second-order valence-corrected chi connectivity index (χ2v) is 4.57. The van der Waals surface area contributed by atoms with Gasteiger partial charge in [-0.3, -0.25) is 4.79 Å². The molecule has 0 saturated heterocycles. The van der Waals surface area contributed by atoms with Crippen LogP contribution in [0.4, 0.5) is 4.39 Å². The number of carbonyl (C=O) groups excluding carboxylic acids is 1. The molecular formula is C12H12ClFO2. The molecule has 1 aliphatic carbocycles. The lowest BCUT2D eigenvalue weighted by molar-refractivity contribution is -0.143. The number of halogens is 2. The number of esters is 1. The van der Waals surface area contributed by atoms with Crippen molar-refractivity contribution < 1.29 is 13.9 Å². The molecule has 2 nitrogen and oxygen atoms in total.